The number of hydrogen-bond donors (Lipinski definition) is 1. The molecule has 1 N–H and O–H groups in total. The van der Waals surface area contributed by atoms with E-state index in [9.17, 15) is 0 Å². The summed E-state index contributed by atoms with van der Waals surface area (Å²) in [6.45, 7) is 5.51. The van der Waals surface area contributed by atoms with Crippen LogP contribution in [0.3, 0.4) is 0 Å². The number of aliphatic hydroxyl groups is 1. The average molecular weight is 269 g/mol. The molecule has 0 saturated carbocycles. The van der Waals surface area contributed by atoms with Gasteiger partial charge < -0.3 is 14.9 Å². The van der Waals surface area contributed by atoms with E-state index in [0.29, 0.717) is 11.1 Å². The van der Waals surface area contributed by atoms with Gasteiger partial charge in [0.15, 0.2) is 0 Å². The van der Waals surface area contributed by atoms with Crippen molar-refractivity contribution < 1.29 is 5.11 Å². The van der Waals surface area contributed by atoms with E-state index in [0.717, 1.165) is 30.9 Å². The van der Waals surface area contributed by atoms with Gasteiger partial charge in [0.2, 0.25) is 0 Å². The summed E-state index contributed by atoms with van der Waals surface area (Å²) in [5.41, 5.74) is 1.94. The molecule has 18 heavy (non-hydrogen) atoms. The lowest BCUT2D eigenvalue weighted by atomic mass is 10.1. The van der Waals surface area contributed by atoms with Crippen LogP contribution >= 0.6 is 11.6 Å². The van der Waals surface area contributed by atoms with Gasteiger partial charge in [-0.3, -0.25) is 0 Å². The first kappa shape index (κ1) is 13.7. The number of rotatable bonds is 2. The molecule has 2 rings (SSSR count). The highest BCUT2D eigenvalue weighted by atomic mass is 35.5. The molecule has 0 aromatic heterocycles. The van der Waals surface area contributed by atoms with Crippen LogP contribution in [0.2, 0.25) is 5.02 Å². The molecule has 1 atom stereocenters. The predicted molar refractivity (Wildman–Crippen MR) is 76.3 cm³/mol. The second-order valence-electron chi connectivity index (χ2n) is 5.09. The van der Waals surface area contributed by atoms with Crippen molar-refractivity contribution in [3.8, 4) is 0 Å². The maximum absolute atomic E-state index is 9.15. The van der Waals surface area contributed by atoms with Gasteiger partial charge in [-0.1, -0.05) is 17.7 Å². The van der Waals surface area contributed by atoms with E-state index < -0.39 is 0 Å². The Morgan fingerprint density at radius 3 is 2.83 bits per heavy atom. The normalized spacial score (nSPS) is 22.0. The van der Waals surface area contributed by atoms with Gasteiger partial charge in [0.1, 0.15) is 0 Å². The summed E-state index contributed by atoms with van der Waals surface area (Å²) in [5.74, 6) is 0. The van der Waals surface area contributed by atoms with Crippen LogP contribution in [0.4, 0.5) is 5.69 Å². The molecule has 0 spiro atoms. The Morgan fingerprint density at radius 2 is 2.17 bits per heavy atom. The third kappa shape index (κ3) is 2.97. The Bertz CT molecular complexity index is 411. The van der Waals surface area contributed by atoms with Crippen LogP contribution in [0, 0.1) is 0 Å². The maximum Gasteiger partial charge on any atom is 0.0696 e. The third-order valence-electron chi connectivity index (χ3n) is 3.59. The molecule has 1 aromatic carbocycles. The molecule has 1 heterocycles. The molecule has 1 aliphatic heterocycles. The van der Waals surface area contributed by atoms with Gasteiger partial charge >= 0.3 is 0 Å². The van der Waals surface area contributed by atoms with Crippen LogP contribution in [0.25, 0.3) is 0 Å². The highest BCUT2D eigenvalue weighted by molar-refractivity contribution is 6.31. The summed E-state index contributed by atoms with van der Waals surface area (Å²) in [6, 6.07) is 6.42. The number of anilines is 1. The molecule has 4 heteroatoms. The first-order valence-electron chi connectivity index (χ1n) is 6.46. The van der Waals surface area contributed by atoms with Gasteiger partial charge in [-0.25, -0.2) is 0 Å². The summed E-state index contributed by atoms with van der Waals surface area (Å²) < 4.78 is 0. The second-order valence-corrected chi connectivity index (χ2v) is 5.50. The maximum atomic E-state index is 9.15. The average Bonchev–Trinajstić information content (AvgIpc) is 2.50. The minimum atomic E-state index is -0.00257. The van der Waals surface area contributed by atoms with Crippen LogP contribution < -0.4 is 4.90 Å². The topological polar surface area (TPSA) is 26.7 Å². The Labute approximate surface area is 114 Å². The number of aliphatic hydroxyl groups excluding tert-OH is 1. The van der Waals surface area contributed by atoms with E-state index >= 15 is 0 Å². The molecule has 1 aliphatic rings. The van der Waals surface area contributed by atoms with E-state index in [1.807, 2.05) is 12.1 Å². The number of likely N-dealkylation sites (N-methyl/N-ethyl adjacent to an activating group) is 1. The number of nitrogens with zero attached hydrogens (tertiary/aromatic N) is 2. The van der Waals surface area contributed by atoms with E-state index in [1.165, 1.54) is 6.42 Å². The standard InChI is InChI=1S/C14H21ClN2O/c1-11-9-16(2)6-3-7-17(11)13-5-4-12(10-18)14(15)8-13/h4-5,8,11,18H,3,6-7,9-10H2,1-2H3. The fourth-order valence-corrected chi connectivity index (χ4v) is 2.83. The quantitative estimate of drug-likeness (QED) is 0.892. The summed E-state index contributed by atoms with van der Waals surface area (Å²) in [6.07, 6.45) is 1.17. The van der Waals surface area contributed by atoms with Crippen LogP contribution in [0.15, 0.2) is 18.2 Å². The molecule has 100 valence electrons. The van der Waals surface area contributed by atoms with Crippen molar-refractivity contribution in [3.63, 3.8) is 0 Å². The van der Waals surface area contributed by atoms with Gasteiger partial charge in [-0.15, -0.1) is 0 Å². The Morgan fingerprint density at radius 1 is 1.39 bits per heavy atom. The minimum Gasteiger partial charge on any atom is -0.392 e. The van der Waals surface area contributed by atoms with Crippen LogP contribution in [-0.2, 0) is 6.61 Å². The molecule has 1 aromatic rings. The molecule has 0 amide bonds. The first-order valence-corrected chi connectivity index (χ1v) is 6.84. The Hall–Kier alpha value is -0.770. The monoisotopic (exact) mass is 268 g/mol. The first-order chi connectivity index (χ1) is 8.61. The van der Waals surface area contributed by atoms with Gasteiger partial charge in [0, 0.05) is 29.8 Å². The zero-order valence-electron chi connectivity index (χ0n) is 11.1. The highest BCUT2D eigenvalue weighted by Crippen LogP contribution is 2.26. The highest BCUT2D eigenvalue weighted by Gasteiger charge is 2.20. The molecule has 3 nitrogen and oxygen atoms in total. The number of hydrogen-bond acceptors (Lipinski definition) is 3. The van der Waals surface area contributed by atoms with E-state index in [-0.39, 0.29) is 6.61 Å². The van der Waals surface area contributed by atoms with Crippen molar-refractivity contribution in [1.82, 2.24) is 4.90 Å². The lowest BCUT2D eigenvalue weighted by Crippen LogP contribution is -2.37. The Kier molecular flexibility index (Phi) is 4.49. The SMILES string of the molecule is CC1CN(C)CCCN1c1ccc(CO)c(Cl)c1. The smallest absolute Gasteiger partial charge is 0.0696 e. The molecule has 0 aliphatic carbocycles. The summed E-state index contributed by atoms with van der Waals surface area (Å²) >= 11 is 6.17. The molecule has 1 saturated heterocycles. The fraction of sp³-hybridized carbons (Fsp3) is 0.571. The largest absolute Gasteiger partial charge is 0.392 e. The van der Waals surface area contributed by atoms with Crippen molar-refractivity contribution in [1.29, 1.82) is 0 Å². The summed E-state index contributed by atoms with van der Waals surface area (Å²) in [5, 5.41) is 9.80. The van der Waals surface area contributed by atoms with E-state index in [4.69, 9.17) is 16.7 Å². The van der Waals surface area contributed by atoms with Gasteiger partial charge in [-0.05, 0) is 44.6 Å². The van der Waals surface area contributed by atoms with E-state index in [2.05, 4.69) is 29.8 Å². The number of benzene rings is 1. The van der Waals surface area contributed by atoms with Gasteiger partial charge in [-0.2, -0.15) is 0 Å². The number of halogens is 1. The molecule has 0 radical (unpaired) electrons. The molecular weight excluding hydrogens is 248 g/mol. The van der Waals surface area contributed by atoms with Crippen LogP contribution in [-0.4, -0.2) is 42.7 Å². The minimum absolute atomic E-state index is 0.00257. The summed E-state index contributed by atoms with van der Waals surface area (Å²) in [7, 11) is 2.17. The van der Waals surface area contributed by atoms with Gasteiger partial charge in [0.05, 0.1) is 6.61 Å². The van der Waals surface area contributed by atoms with Crippen molar-refractivity contribution in [2.75, 3.05) is 31.6 Å². The summed E-state index contributed by atoms with van der Waals surface area (Å²) in [4.78, 5) is 4.77. The lowest BCUT2D eigenvalue weighted by Gasteiger charge is -2.30. The van der Waals surface area contributed by atoms with Crippen molar-refractivity contribution in [2.45, 2.75) is 26.0 Å². The van der Waals surface area contributed by atoms with Crippen LogP contribution in [0.5, 0.6) is 0 Å². The zero-order valence-corrected chi connectivity index (χ0v) is 11.8. The molecule has 0 bridgehead atoms. The zero-order chi connectivity index (χ0) is 13.1. The van der Waals surface area contributed by atoms with Gasteiger partial charge in [0.25, 0.3) is 0 Å². The lowest BCUT2D eigenvalue weighted by molar-refractivity contribution is 0.282. The van der Waals surface area contributed by atoms with Crippen molar-refractivity contribution in [3.05, 3.63) is 28.8 Å². The third-order valence-corrected chi connectivity index (χ3v) is 3.94. The fourth-order valence-electron chi connectivity index (χ4n) is 2.60. The van der Waals surface area contributed by atoms with Crippen molar-refractivity contribution in [2.24, 2.45) is 0 Å². The Balaban J connectivity index is 2.21. The predicted octanol–water partition coefficient (Wildman–Crippen LogP) is 2.36. The molecular formula is C14H21ClN2O. The van der Waals surface area contributed by atoms with Crippen LogP contribution in [0.1, 0.15) is 18.9 Å². The molecule has 1 fully saturated rings. The van der Waals surface area contributed by atoms with E-state index in [1.54, 1.807) is 0 Å². The molecule has 1 unspecified atom stereocenters. The van der Waals surface area contributed by atoms with Crippen molar-refractivity contribution >= 4 is 17.3 Å². The second kappa shape index (κ2) is 5.91.